The largest absolute Gasteiger partial charge is 0.497 e. The summed E-state index contributed by atoms with van der Waals surface area (Å²) in [5.74, 6) is 1.92. The van der Waals surface area contributed by atoms with Crippen LogP contribution < -0.4 is 14.8 Å². The number of anilines is 1. The number of benzene rings is 1. The van der Waals surface area contributed by atoms with Crippen molar-refractivity contribution in [3.8, 4) is 28.8 Å². The van der Waals surface area contributed by atoms with Gasteiger partial charge < -0.3 is 24.4 Å². The molecule has 1 unspecified atom stereocenters. The highest BCUT2D eigenvalue weighted by Gasteiger charge is 2.32. The van der Waals surface area contributed by atoms with Crippen LogP contribution in [0.5, 0.6) is 17.4 Å². The van der Waals surface area contributed by atoms with Gasteiger partial charge in [-0.2, -0.15) is 4.98 Å². The Kier molecular flexibility index (Phi) is 7.86. The first-order chi connectivity index (χ1) is 17.8. The summed E-state index contributed by atoms with van der Waals surface area (Å²) < 4.78 is 16.9. The molecule has 194 valence electrons. The third-order valence-corrected chi connectivity index (χ3v) is 5.71. The van der Waals surface area contributed by atoms with Crippen LogP contribution in [0.3, 0.4) is 0 Å². The lowest BCUT2D eigenvalue weighted by atomic mass is 10.2. The van der Waals surface area contributed by atoms with E-state index in [1.54, 1.807) is 54.7 Å². The normalized spacial score (nSPS) is 15.2. The van der Waals surface area contributed by atoms with E-state index < -0.39 is 5.60 Å². The van der Waals surface area contributed by atoms with Crippen molar-refractivity contribution in [2.75, 3.05) is 25.5 Å². The van der Waals surface area contributed by atoms with Gasteiger partial charge in [-0.25, -0.2) is 9.78 Å². The average molecular weight is 506 g/mol. The van der Waals surface area contributed by atoms with E-state index in [1.807, 2.05) is 20.8 Å². The minimum atomic E-state index is -0.559. The smallest absolute Gasteiger partial charge is 0.410 e. The lowest BCUT2D eigenvalue weighted by Crippen LogP contribution is -2.42. The number of amides is 1. The first-order valence-corrected chi connectivity index (χ1v) is 12.1. The molecule has 3 heterocycles. The number of pyridine rings is 1. The predicted octanol–water partition coefficient (Wildman–Crippen LogP) is 4.96. The number of hydrogen-bond acceptors (Lipinski definition) is 9. The third-order valence-electron chi connectivity index (χ3n) is 5.71. The first kappa shape index (κ1) is 25.9. The number of nitrogens with one attached hydrogen (secondary N) is 1. The Balaban J connectivity index is 1.57. The summed E-state index contributed by atoms with van der Waals surface area (Å²) >= 11 is 0. The zero-order valence-electron chi connectivity index (χ0n) is 21.4. The zero-order valence-corrected chi connectivity index (χ0v) is 21.4. The maximum Gasteiger partial charge on any atom is 0.410 e. The molecule has 0 bridgehead atoms. The van der Waals surface area contributed by atoms with Crippen LogP contribution in [0.1, 0.15) is 44.0 Å². The zero-order chi connectivity index (χ0) is 26.4. The van der Waals surface area contributed by atoms with Crippen LogP contribution in [-0.4, -0.2) is 64.1 Å². The summed E-state index contributed by atoms with van der Waals surface area (Å²) in [5.41, 5.74) is 1.01. The Morgan fingerprint density at radius 3 is 2.62 bits per heavy atom. The van der Waals surface area contributed by atoms with Gasteiger partial charge in [0.15, 0.2) is 12.1 Å². The van der Waals surface area contributed by atoms with Crippen molar-refractivity contribution in [3.05, 3.63) is 54.5 Å². The van der Waals surface area contributed by atoms with Crippen molar-refractivity contribution >= 4 is 18.1 Å². The molecular formula is C27H31N5O5. The van der Waals surface area contributed by atoms with Gasteiger partial charge in [0.2, 0.25) is 5.88 Å². The van der Waals surface area contributed by atoms with Gasteiger partial charge in [0.25, 0.3) is 0 Å². The van der Waals surface area contributed by atoms with Gasteiger partial charge in [0.05, 0.1) is 19.3 Å². The number of aromatic nitrogens is 3. The van der Waals surface area contributed by atoms with Crippen molar-refractivity contribution < 1.29 is 23.8 Å². The Hall–Kier alpha value is -4.21. The number of rotatable bonds is 8. The van der Waals surface area contributed by atoms with E-state index in [-0.39, 0.29) is 12.1 Å². The first-order valence-electron chi connectivity index (χ1n) is 12.1. The SMILES string of the molecule is COc1ccc(Oc2nc(-c3cncc(C=O)c3)ncc2NCC2CCCN2C(=O)OC(C)(C)C)cc1. The number of ether oxygens (including phenoxy) is 3. The van der Waals surface area contributed by atoms with Crippen molar-refractivity contribution in [1.29, 1.82) is 0 Å². The molecule has 1 atom stereocenters. The van der Waals surface area contributed by atoms with Crippen LogP contribution in [0, 0.1) is 0 Å². The number of nitrogens with zero attached hydrogens (tertiary/aromatic N) is 4. The second kappa shape index (κ2) is 11.2. The van der Waals surface area contributed by atoms with Crippen LogP contribution in [0.2, 0.25) is 0 Å². The summed E-state index contributed by atoms with van der Waals surface area (Å²) in [6, 6.07) is 8.76. The molecule has 1 aliphatic rings. The molecule has 37 heavy (non-hydrogen) atoms. The highest BCUT2D eigenvalue weighted by Crippen LogP contribution is 2.31. The molecule has 1 saturated heterocycles. The summed E-state index contributed by atoms with van der Waals surface area (Å²) in [6.07, 6.45) is 6.84. The lowest BCUT2D eigenvalue weighted by Gasteiger charge is -2.29. The Bertz CT molecular complexity index is 1240. The number of hydrogen-bond donors (Lipinski definition) is 1. The van der Waals surface area contributed by atoms with Crippen LogP contribution in [0.15, 0.2) is 48.9 Å². The van der Waals surface area contributed by atoms with E-state index in [2.05, 4.69) is 20.3 Å². The van der Waals surface area contributed by atoms with E-state index in [9.17, 15) is 9.59 Å². The second-order valence-electron chi connectivity index (χ2n) is 9.67. The standard InChI is InChI=1S/C27H31N5O5/c1-27(2,3)37-26(34)32-11-5-6-20(32)15-29-23-16-30-24(19-12-18(17-33)13-28-14-19)31-25(23)36-22-9-7-21(35-4)8-10-22/h7-10,12-14,16-17,20,29H,5-6,11,15H2,1-4H3. The molecule has 10 heteroatoms. The van der Waals surface area contributed by atoms with Gasteiger partial charge in [-0.15, -0.1) is 0 Å². The molecule has 1 aliphatic heterocycles. The molecule has 10 nitrogen and oxygen atoms in total. The second-order valence-corrected chi connectivity index (χ2v) is 9.67. The van der Waals surface area contributed by atoms with E-state index in [1.165, 1.54) is 6.20 Å². The molecule has 2 aromatic heterocycles. The fourth-order valence-corrected chi connectivity index (χ4v) is 3.94. The van der Waals surface area contributed by atoms with E-state index in [4.69, 9.17) is 14.2 Å². The topological polar surface area (TPSA) is 116 Å². The third kappa shape index (κ3) is 6.72. The minimum Gasteiger partial charge on any atom is -0.497 e. The van der Waals surface area contributed by atoms with Crippen molar-refractivity contribution in [1.82, 2.24) is 19.9 Å². The van der Waals surface area contributed by atoms with Gasteiger partial charge in [0, 0.05) is 36.6 Å². The Labute approximate surface area is 216 Å². The molecule has 0 aliphatic carbocycles. The summed E-state index contributed by atoms with van der Waals surface area (Å²) in [7, 11) is 1.60. The predicted molar refractivity (Wildman–Crippen MR) is 138 cm³/mol. The molecule has 0 saturated carbocycles. The minimum absolute atomic E-state index is 0.0446. The maximum atomic E-state index is 12.7. The van der Waals surface area contributed by atoms with Gasteiger partial charge in [-0.3, -0.25) is 9.78 Å². The van der Waals surface area contributed by atoms with Crippen LogP contribution >= 0.6 is 0 Å². The molecular weight excluding hydrogens is 474 g/mol. The Morgan fingerprint density at radius 1 is 1.16 bits per heavy atom. The molecule has 0 radical (unpaired) electrons. The van der Waals surface area contributed by atoms with Crippen LogP contribution in [0.25, 0.3) is 11.4 Å². The fraction of sp³-hybridized carbons (Fsp3) is 0.370. The molecule has 1 aromatic carbocycles. The van der Waals surface area contributed by atoms with Crippen molar-refractivity contribution in [2.45, 2.75) is 45.3 Å². The molecule has 1 fully saturated rings. The van der Waals surface area contributed by atoms with Gasteiger partial charge >= 0.3 is 6.09 Å². The number of carbonyl (C=O) groups excluding carboxylic acids is 2. The van der Waals surface area contributed by atoms with Gasteiger partial charge in [-0.05, 0) is 63.9 Å². The number of methoxy groups -OCH3 is 1. The number of aldehydes is 1. The summed E-state index contributed by atoms with van der Waals surface area (Å²) in [4.78, 5) is 38.8. The summed E-state index contributed by atoms with van der Waals surface area (Å²) in [6.45, 7) is 6.69. The molecule has 4 rings (SSSR count). The van der Waals surface area contributed by atoms with E-state index in [0.29, 0.717) is 53.1 Å². The summed E-state index contributed by atoms with van der Waals surface area (Å²) in [5, 5.41) is 3.35. The fourth-order valence-electron chi connectivity index (χ4n) is 3.94. The van der Waals surface area contributed by atoms with Crippen molar-refractivity contribution in [2.24, 2.45) is 0 Å². The van der Waals surface area contributed by atoms with Crippen LogP contribution in [0.4, 0.5) is 10.5 Å². The molecule has 0 spiro atoms. The molecule has 1 amide bonds. The Morgan fingerprint density at radius 2 is 1.92 bits per heavy atom. The van der Waals surface area contributed by atoms with Crippen molar-refractivity contribution in [3.63, 3.8) is 0 Å². The van der Waals surface area contributed by atoms with Gasteiger partial charge in [0.1, 0.15) is 22.8 Å². The molecule has 1 N–H and O–H groups in total. The highest BCUT2D eigenvalue weighted by molar-refractivity contribution is 5.77. The monoisotopic (exact) mass is 505 g/mol. The lowest BCUT2D eigenvalue weighted by molar-refractivity contribution is 0.0235. The van der Waals surface area contributed by atoms with E-state index >= 15 is 0 Å². The van der Waals surface area contributed by atoms with Gasteiger partial charge in [-0.1, -0.05) is 0 Å². The average Bonchev–Trinajstić information content (AvgIpc) is 3.36. The van der Waals surface area contributed by atoms with E-state index in [0.717, 1.165) is 19.1 Å². The number of carbonyl (C=O) groups is 2. The number of likely N-dealkylation sites (tertiary alicyclic amines) is 1. The highest BCUT2D eigenvalue weighted by atomic mass is 16.6. The maximum absolute atomic E-state index is 12.7. The quantitative estimate of drug-likeness (QED) is 0.424. The van der Waals surface area contributed by atoms with Crippen LogP contribution in [-0.2, 0) is 4.74 Å². The molecule has 3 aromatic rings.